The van der Waals surface area contributed by atoms with Crippen LogP contribution in [0.4, 0.5) is 8.78 Å². The van der Waals surface area contributed by atoms with E-state index in [0.29, 0.717) is 40.9 Å². The third kappa shape index (κ3) is 6.78. The molecule has 1 aliphatic heterocycles. The van der Waals surface area contributed by atoms with E-state index in [0.717, 1.165) is 53.8 Å². The third-order valence-corrected chi connectivity index (χ3v) is 9.10. The molecular weight excluding hydrogens is 601 g/mol. The van der Waals surface area contributed by atoms with Crippen LogP contribution in [0.15, 0.2) is 60.2 Å². The summed E-state index contributed by atoms with van der Waals surface area (Å²) in [6, 6.07) is 15.5. The van der Waals surface area contributed by atoms with Crippen LogP contribution in [0.3, 0.4) is 0 Å². The number of hydrogen-bond acceptors (Lipinski definition) is 3. The van der Waals surface area contributed by atoms with Gasteiger partial charge in [0, 0.05) is 24.1 Å². The topological polar surface area (TPSA) is 50.4 Å². The van der Waals surface area contributed by atoms with Crippen molar-refractivity contribution in [1.82, 2.24) is 10.6 Å². The monoisotopic (exact) mass is 632 g/mol. The molecule has 9 heteroatoms. The van der Waals surface area contributed by atoms with E-state index in [-0.39, 0.29) is 34.7 Å². The summed E-state index contributed by atoms with van der Waals surface area (Å²) in [5, 5.41) is 7.31. The first-order valence-corrected chi connectivity index (χ1v) is 15.2. The fourth-order valence-electron chi connectivity index (χ4n) is 5.64. The Kier molecular flexibility index (Phi) is 9.48. The lowest BCUT2D eigenvalue weighted by molar-refractivity contribution is -0.118. The van der Waals surface area contributed by atoms with Gasteiger partial charge in [0.2, 0.25) is 5.91 Å². The van der Waals surface area contributed by atoms with Gasteiger partial charge in [-0.1, -0.05) is 85.0 Å². The predicted molar refractivity (Wildman–Crippen MR) is 165 cm³/mol. The number of benzene rings is 3. The van der Waals surface area contributed by atoms with Crippen molar-refractivity contribution in [1.29, 1.82) is 0 Å². The molecule has 4 nitrogen and oxygen atoms in total. The third-order valence-electron chi connectivity index (χ3n) is 7.92. The maximum absolute atomic E-state index is 14.0. The summed E-state index contributed by atoms with van der Waals surface area (Å²) in [6.07, 6.45) is 3.32. The molecule has 42 heavy (non-hydrogen) atoms. The van der Waals surface area contributed by atoms with E-state index in [9.17, 15) is 13.6 Å². The Labute approximate surface area is 260 Å². The lowest BCUT2D eigenvalue weighted by Crippen LogP contribution is -2.43. The standard InChI is InChI=1S/C33H33Cl3F2N2O2/c1-33(2)18-39-17-23(32(41)40-30(21-12-13-21)22-6-3-7-24(34)28(22)35)27(33)20-10-8-19(9-11-20)5-4-16-42-31-26(38)15-14-25(37)29(31)36/h3,6-11,14-15,21,30,39H,4-5,12-13,16-18H2,1-2H3,(H,40,41). The second-order valence-electron chi connectivity index (χ2n) is 11.6. The molecule has 0 bridgehead atoms. The zero-order chi connectivity index (χ0) is 30.0. The molecule has 1 aliphatic carbocycles. The molecule has 0 radical (unpaired) electrons. The van der Waals surface area contributed by atoms with Gasteiger partial charge in [-0.15, -0.1) is 0 Å². The van der Waals surface area contributed by atoms with E-state index in [1.54, 1.807) is 6.07 Å². The van der Waals surface area contributed by atoms with Crippen molar-refractivity contribution in [3.63, 3.8) is 0 Å². The second kappa shape index (κ2) is 12.9. The Morgan fingerprint density at radius 3 is 2.45 bits per heavy atom. The van der Waals surface area contributed by atoms with Gasteiger partial charge in [-0.3, -0.25) is 4.79 Å². The number of amides is 1. The SMILES string of the molecule is CC1(C)CNCC(C(=O)NC(c2cccc(Cl)c2Cl)C2CC2)=C1c1ccc(CCCOc2c(F)ccc(F)c2Cl)cc1. The molecule has 0 aromatic heterocycles. The molecular formula is C33H33Cl3F2N2O2. The fraction of sp³-hybridized carbons (Fsp3) is 0.364. The Balaban J connectivity index is 1.31. The van der Waals surface area contributed by atoms with Crippen molar-refractivity contribution in [2.45, 2.75) is 45.6 Å². The van der Waals surface area contributed by atoms with E-state index in [4.69, 9.17) is 39.5 Å². The molecule has 1 unspecified atom stereocenters. The Hall–Kier alpha value is -2.64. The molecule has 2 N–H and O–H groups in total. The molecule has 2 aliphatic rings. The number of hydrogen-bond donors (Lipinski definition) is 2. The summed E-state index contributed by atoms with van der Waals surface area (Å²) >= 11 is 18.7. The van der Waals surface area contributed by atoms with E-state index in [1.807, 2.05) is 36.4 Å². The van der Waals surface area contributed by atoms with Crippen molar-refractivity contribution in [2.24, 2.45) is 11.3 Å². The van der Waals surface area contributed by atoms with Gasteiger partial charge in [0.25, 0.3) is 0 Å². The predicted octanol–water partition coefficient (Wildman–Crippen LogP) is 8.59. The highest BCUT2D eigenvalue weighted by Crippen LogP contribution is 2.45. The van der Waals surface area contributed by atoms with Gasteiger partial charge in [0.15, 0.2) is 11.6 Å². The van der Waals surface area contributed by atoms with Gasteiger partial charge in [-0.05, 0) is 72.1 Å². The molecule has 1 saturated carbocycles. The Bertz CT molecular complexity index is 1500. The minimum atomic E-state index is -0.719. The van der Waals surface area contributed by atoms with Crippen molar-refractivity contribution in [2.75, 3.05) is 19.7 Å². The fourth-order valence-corrected chi connectivity index (χ4v) is 6.27. The van der Waals surface area contributed by atoms with Crippen molar-refractivity contribution >= 4 is 46.3 Å². The highest BCUT2D eigenvalue weighted by molar-refractivity contribution is 6.42. The molecule has 0 spiro atoms. The minimum absolute atomic E-state index is 0.109. The molecule has 3 aromatic carbocycles. The minimum Gasteiger partial charge on any atom is -0.489 e. The second-order valence-corrected chi connectivity index (χ2v) is 12.8. The van der Waals surface area contributed by atoms with Crippen LogP contribution in [0.1, 0.15) is 55.8 Å². The van der Waals surface area contributed by atoms with Crippen LogP contribution in [0.25, 0.3) is 5.57 Å². The molecule has 222 valence electrons. The molecule has 5 rings (SSSR count). The Morgan fingerprint density at radius 2 is 1.74 bits per heavy atom. The maximum atomic E-state index is 14.0. The molecule has 1 amide bonds. The number of aryl methyl sites for hydroxylation is 1. The number of ether oxygens (including phenoxy) is 1. The van der Waals surface area contributed by atoms with E-state index < -0.39 is 11.6 Å². The smallest absolute Gasteiger partial charge is 0.249 e. The molecule has 1 fully saturated rings. The van der Waals surface area contributed by atoms with Crippen LogP contribution in [-0.2, 0) is 11.2 Å². The van der Waals surface area contributed by atoms with Crippen molar-refractivity contribution < 1.29 is 18.3 Å². The molecule has 1 heterocycles. The Morgan fingerprint density at radius 1 is 1.02 bits per heavy atom. The lowest BCUT2D eigenvalue weighted by Gasteiger charge is -2.36. The summed E-state index contributed by atoms with van der Waals surface area (Å²) in [6.45, 7) is 5.66. The van der Waals surface area contributed by atoms with Crippen molar-refractivity contribution in [3.8, 4) is 5.75 Å². The van der Waals surface area contributed by atoms with Crippen LogP contribution in [0, 0.1) is 23.0 Å². The zero-order valence-corrected chi connectivity index (χ0v) is 25.8. The summed E-state index contributed by atoms with van der Waals surface area (Å²) < 4.78 is 33.0. The van der Waals surface area contributed by atoms with Crippen molar-refractivity contribution in [3.05, 3.63) is 104 Å². The summed E-state index contributed by atoms with van der Waals surface area (Å²) in [4.78, 5) is 13.9. The number of carbonyl (C=O) groups is 1. The summed E-state index contributed by atoms with van der Waals surface area (Å²) in [7, 11) is 0. The average Bonchev–Trinajstić information content (AvgIpc) is 3.80. The van der Waals surface area contributed by atoms with Gasteiger partial charge in [-0.2, -0.15) is 0 Å². The zero-order valence-electron chi connectivity index (χ0n) is 23.5. The van der Waals surface area contributed by atoms with E-state index >= 15 is 0 Å². The number of halogens is 5. The average molecular weight is 634 g/mol. The van der Waals surface area contributed by atoms with Crippen LogP contribution >= 0.6 is 34.8 Å². The van der Waals surface area contributed by atoms with Crippen LogP contribution in [0.2, 0.25) is 15.1 Å². The first kappa shape index (κ1) is 30.8. The quantitative estimate of drug-likeness (QED) is 0.174. The maximum Gasteiger partial charge on any atom is 0.249 e. The largest absolute Gasteiger partial charge is 0.489 e. The van der Waals surface area contributed by atoms with E-state index in [1.165, 1.54) is 0 Å². The van der Waals surface area contributed by atoms with Gasteiger partial charge in [0.05, 0.1) is 22.7 Å². The molecule has 3 aromatic rings. The van der Waals surface area contributed by atoms with Gasteiger partial charge >= 0.3 is 0 Å². The van der Waals surface area contributed by atoms with Crippen LogP contribution in [-0.4, -0.2) is 25.6 Å². The molecule has 1 atom stereocenters. The number of carbonyl (C=O) groups excluding carboxylic acids is 1. The summed E-state index contributed by atoms with van der Waals surface area (Å²) in [5.41, 5.74) is 4.35. The van der Waals surface area contributed by atoms with Gasteiger partial charge < -0.3 is 15.4 Å². The molecule has 0 saturated heterocycles. The first-order chi connectivity index (χ1) is 20.1. The number of nitrogens with one attached hydrogen (secondary N) is 2. The highest BCUT2D eigenvalue weighted by Gasteiger charge is 2.38. The normalized spacial score (nSPS) is 17.2. The highest BCUT2D eigenvalue weighted by atomic mass is 35.5. The lowest BCUT2D eigenvalue weighted by atomic mass is 9.75. The number of rotatable bonds is 10. The first-order valence-electron chi connectivity index (χ1n) is 14.1. The summed E-state index contributed by atoms with van der Waals surface area (Å²) in [5.74, 6) is -1.46. The van der Waals surface area contributed by atoms with E-state index in [2.05, 4.69) is 24.5 Å². The van der Waals surface area contributed by atoms with Crippen LogP contribution < -0.4 is 15.4 Å². The van der Waals surface area contributed by atoms with Crippen LogP contribution in [0.5, 0.6) is 5.75 Å². The van der Waals surface area contributed by atoms with Gasteiger partial charge in [-0.25, -0.2) is 8.78 Å². The van der Waals surface area contributed by atoms with Gasteiger partial charge in [0.1, 0.15) is 10.8 Å².